The van der Waals surface area contributed by atoms with E-state index >= 15 is 0 Å². The number of aliphatic carboxylic acids is 1. The summed E-state index contributed by atoms with van der Waals surface area (Å²) >= 11 is 0. The third-order valence-electron chi connectivity index (χ3n) is 3.73. The maximum atomic E-state index is 11.4. The first kappa shape index (κ1) is 15.0. The molecule has 0 bridgehead atoms. The van der Waals surface area contributed by atoms with Crippen molar-refractivity contribution in [2.24, 2.45) is 0 Å². The van der Waals surface area contributed by atoms with Crippen LogP contribution in [0, 0.1) is 0 Å². The van der Waals surface area contributed by atoms with Crippen molar-refractivity contribution in [2.45, 2.75) is 25.9 Å². The van der Waals surface area contributed by atoms with Crippen LogP contribution in [0.25, 0.3) is 17.0 Å². The fourth-order valence-electron chi connectivity index (χ4n) is 2.68. The zero-order chi connectivity index (χ0) is 16.6. The molecular formula is C17H15NO5. The molecule has 1 aromatic heterocycles. The minimum atomic E-state index is -1.11. The fourth-order valence-corrected chi connectivity index (χ4v) is 2.68. The van der Waals surface area contributed by atoms with E-state index in [1.165, 1.54) is 6.07 Å². The van der Waals surface area contributed by atoms with Crippen molar-refractivity contribution in [3.8, 4) is 5.75 Å². The van der Waals surface area contributed by atoms with Crippen LogP contribution in [0.1, 0.15) is 35.8 Å². The van der Waals surface area contributed by atoms with Gasteiger partial charge < -0.3 is 14.9 Å². The molecule has 0 spiro atoms. The molecule has 0 aliphatic carbocycles. The van der Waals surface area contributed by atoms with Gasteiger partial charge in [-0.05, 0) is 30.2 Å². The molecule has 3 rings (SSSR count). The topological polar surface area (TPSA) is 96.7 Å². The van der Waals surface area contributed by atoms with Crippen molar-refractivity contribution in [1.29, 1.82) is 0 Å². The summed E-state index contributed by atoms with van der Waals surface area (Å²) < 4.78 is 5.61. The van der Waals surface area contributed by atoms with Gasteiger partial charge in [-0.2, -0.15) is 0 Å². The quantitative estimate of drug-likeness (QED) is 0.900. The predicted octanol–water partition coefficient (Wildman–Crippen LogP) is 2.96. The van der Waals surface area contributed by atoms with E-state index in [0.717, 1.165) is 22.9 Å². The van der Waals surface area contributed by atoms with Crippen LogP contribution in [0.2, 0.25) is 0 Å². The number of benzene rings is 1. The Balaban J connectivity index is 2.12. The highest BCUT2D eigenvalue weighted by Crippen LogP contribution is 2.34. The zero-order valence-corrected chi connectivity index (χ0v) is 12.4. The Kier molecular flexibility index (Phi) is 3.73. The molecule has 1 aliphatic rings. The average Bonchev–Trinajstić information content (AvgIpc) is 2.51. The molecule has 2 heterocycles. The van der Waals surface area contributed by atoms with Gasteiger partial charge in [0.15, 0.2) is 0 Å². The van der Waals surface area contributed by atoms with E-state index in [1.54, 1.807) is 12.1 Å². The van der Waals surface area contributed by atoms with Gasteiger partial charge in [0.05, 0.1) is 5.52 Å². The summed E-state index contributed by atoms with van der Waals surface area (Å²) in [7, 11) is 0. The highest BCUT2D eigenvalue weighted by molar-refractivity contribution is 5.92. The van der Waals surface area contributed by atoms with Crippen molar-refractivity contribution >= 4 is 28.9 Å². The Bertz CT molecular complexity index is 840. The number of nitrogens with zero attached hydrogens (tertiary/aromatic N) is 1. The van der Waals surface area contributed by atoms with Crippen molar-refractivity contribution in [3.05, 3.63) is 41.1 Å². The first-order valence-corrected chi connectivity index (χ1v) is 7.27. The fraction of sp³-hybridized carbons (Fsp3) is 0.235. The van der Waals surface area contributed by atoms with Crippen LogP contribution < -0.4 is 4.74 Å². The van der Waals surface area contributed by atoms with Crippen LogP contribution in [0.4, 0.5) is 0 Å². The number of rotatable bonds is 4. The summed E-state index contributed by atoms with van der Waals surface area (Å²) in [6.45, 7) is 1.98. The normalized spacial score (nSPS) is 16.4. The van der Waals surface area contributed by atoms with Crippen molar-refractivity contribution < 1.29 is 24.5 Å². The lowest BCUT2D eigenvalue weighted by Crippen LogP contribution is -2.31. The van der Waals surface area contributed by atoms with Gasteiger partial charge in [-0.15, -0.1) is 0 Å². The van der Waals surface area contributed by atoms with Gasteiger partial charge in [-0.1, -0.05) is 19.4 Å². The van der Waals surface area contributed by atoms with Crippen LogP contribution in [0.3, 0.4) is 0 Å². The molecule has 1 aromatic carbocycles. The maximum Gasteiger partial charge on any atom is 0.354 e. The summed E-state index contributed by atoms with van der Waals surface area (Å²) in [4.78, 5) is 26.5. The lowest BCUT2D eigenvalue weighted by molar-refractivity contribution is -0.143. The molecule has 2 aromatic rings. The zero-order valence-electron chi connectivity index (χ0n) is 12.4. The minimum Gasteiger partial charge on any atom is -0.478 e. The van der Waals surface area contributed by atoms with Gasteiger partial charge in [0.25, 0.3) is 0 Å². The number of carboxylic acids is 2. The van der Waals surface area contributed by atoms with Gasteiger partial charge in [0.1, 0.15) is 11.4 Å². The lowest BCUT2D eigenvalue weighted by atomic mass is 9.97. The van der Waals surface area contributed by atoms with E-state index in [4.69, 9.17) is 9.84 Å². The number of hydrogen-bond donors (Lipinski definition) is 2. The van der Waals surface area contributed by atoms with Gasteiger partial charge in [-0.3, -0.25) is 0 Å². The van der Waals surface area contributed by atoms with E-state index in [0.29, 0.717) is 17.7 Å². The Morgan fingerprint density at radius 2 is 2.04 bits per heavy atom. The van der Waals surface area contributed by atoms with Gasteiger partial charge in [0.2, 0.25) is 6.10 Å². The van der Waals surface area contributed by atoms with Crippen LogP contribution in [-0.4, -0.2) is 33.2 Å². The van der Waals surface area contributed by atoms with Gasteiger partial charge in [0, 0.05) is 17.0 Å². The van der Waals surface area contributed by atoms with Crippen molar-refractivity contribution in [1.82, 2.24) is 4.98 Å². The number of carbonyl (C=O) groups is 2. The van der Waals surface area contributed by atoms with E-state index in [9.17, 15) is 14.7 Å². The number of ether oxygens (including phenoxy) is 1. The lowest BCUT2D eigenvalue weighted by Gasteiger charge is -2.24. The van der Waals surface area contributed by atoms with Crippen LogP contribution in [-0.2, 0) is 4.79 Å². The third-order valence-corrected chi connectivity index (χ3v) is 3.73. The molecular weight excluding hydrogens is 298 g/mol. The molecule has 6 nitrogen and oxygen atoms in total. The second-order valence-corrected chi connectivity index (χ2v) is 5.39. The molecule has 0 fully saturated rings. The number of aromatic carboxylic acids is 1. The highest BCUT2D eigenvalue weighted by Gasteiger charge is 2.28. The average molecular weight is 313 g/mol. The summed E-state index contributed by atoms with van der Waals surface area (Å²) in [5, 5.41) is 19.1. The Labute approximate surface area is 132 Å². The monoisotopic (exact) mass is 313 g/mol. The first-order chi connectivity index (χ1) is 11.0. The molecule has 23 heavy (non-hydrogen) atoms. The number of pyridine rings is 1. The van der Waals surface area contributed by atoms with Crippen LogP contribution >= 0.6 is 0 Å². The molecule has 0 radical (unpaired) electrons. The van der Waals surface area contributed by atoms with Crippen molar-refractivity contribution in [3.63, 3.8) is 0 Å². The van der Waals surface area contributed by atoms with Gasteiger partial charge in [-0.25, -0.2) is 14.6 Å². The molecule has 0 amide bonds. The second-order valence-electron chi connectivity index (χ2n) is 5.39. The largest absolute Gasteiger partial charge is 0.478 e. The summed E-state index contributed by atoms with van der Waals surface area (Å²) in [6, 6.07) is 6.55. The highest BCUT2D eigenvalue weighted by atomic mass is 16.5. The number of hydrogen-bond acceptors (Lipinski definition) is 4. The molecule has 118 valence electrons. The van der Waals surface area contributed by atoms with E-state index in [-0.39, 0.29) is 5.69 Å². The number of fused-ring (bicyclic) bond motifs is 2. The smallest absolute Gasteiger partial charge is 0.354 e. The molecule has 6 heteroatoms. The SMILES string of the molecule is CCCC1=Cc2cc3ccc(C(=O)O)nc3cc2OC1C(=O)O. The van der Waals surface area contributed by atoms with E-state index in [1.807, 2.05) is 19.1 Å². The molecule has 0 saturated heterocycles. The first-order valence-electron chi connectivity index (χ1n) is 7.27. The standard InChI is InChI=1S/C17H15NO5/c1-2-3-10-7-11-6-9-4-5-12(16(19)20)18-13(9)8-14(11)23-15(10)17(21)22/h4-8,15H,2-3H2,1H3,(H,19,20)(H,21,22). The molecule has 0 saturated carbocycles. The Morgan fingerprint density at radius 1 is 1.26 bits per heavy atom. The van der Waals surface area contributed by atoms with Crippen LogP contribution in [0.5, 0.6) is 5.75 Å². The van der Waals surface area contributed by atoms with Gasteiger partial charge >= 0.3 is 11.9 Å². The third kappa shape index (κ3) is 2.75. The summed E-state index contributed by atoms with van der Waals surface area (Å²) in [5.41, 5.74) is 1.90. The minimum absolute atomic E-state index is 0.0646. The Hall–Kier alpha value is -2.89. The number of aromatic nitrogens is 1. The van der Waals surface area contributed by atoms with Crippen molar-refractivity contribution in [2.75, 3.05) is 0 Å². The van der Waals surface area contributed by atoms with Crippen LogP contribution in [0.15, 0.2) is 29.8 Å². The molecule has 1 atom stereocenters. The van der Waals surface area contributed by atoms with E-state index < -0.39 is 18.0 Å². The predicted molar refractivity (Wildman–Crippen MR) is 83.6 cm³/mol. The second kappa shape index (κ2) is 5.72. The number of carboxylic acid groups (broad SMARTS) is 2. The maximum absolute atomic E-state index is 11.4. The molecule has 1 aliphatic heterocycles. The molecule has 1 unspecified atom stereocenters. The molecule has 2 N–H and O–H groups in total. The Morgan fingerprint density at radius 3 is 2.70 bits per heavy atom. The summed E-state index contributed by atoms with van der Waals surface area (Å²) in [5.74, 6) is -1.75. The summed E-state index contributed by atoms with van der Waals surface area (Å²) in [6.07, 6.45) is 2.30. The van der Waals surface area contributed by atoms with E-state index in [2.05, 4.69) is 4.98 Å².